The molecule has 4 rings (SSSR count). The van der Waals surface area contributed by atoms with Crippen LogP contribution in [0, 0.1) is 5.92 Å². The maximum atomic E-state index is 12.5. The molecule has 0 aliphatic carbocycles. The Morgan fingerprint density at radius 1 is 1.08 bits per heavy atom. The average molecular weight is 333 g/mol. The lowest BCUT2D eigenvalue weighted by Crippen LogP contribution is -2.27. The number of aryl methyl sites for hydroxylation is 1. The standard InChI is InChI=1S/C21H23N3O/c1-15(2)11-12-23-19-10-6-4-8-17(19)22-20(23)14-24-18-9-5-3-7-16(18)13-21(24)25/h3-10,15H,11-14H2,1-2H3. The number of fused-ring (bicyclic) bond motifs is 2. The van der Waals surface area contributed by atoms with Crippen LogP contribution in [-0.4, -0.2) is 15.5 Å². The number of carbonyl (C=O) groups is 1. The second-order valence-electron chi connectivity index (χ2n) is 7.14. The highest BCUT2D eigenvalue weighted by Crippen LogP contribution is 2.30. The van der Waals surface area contributed by atoms with Gasteiger partial charge in [0.2, 0.25) is 5.91 Å². The van der Waals surface area contributed by atoms with Crippen LogP contribution in [0.5, 0.6) is 0 Å². The number of nitrogens with zero attached hydrogens (tertiary/aromatic N) is 3. The van der Waals surface area contributed by atoms with Crippen LogP contribution in [0.3, 0.4) is 0 Å². The Bertz CT molecular complexity index is 926. The summed E-state index contributed by atoms with van der Waals surface area (Å²) in [6.07, 6.45) is 1.58. The molecule has 1 aliphatic rings. The van der Waals surface area contributed by atoms with Crippen molar-refractivity contribution in [2.75, 3.05) is 4.90 Å². The molecule has 0 atom stereocenters. The molecule has 0 spiro atoms. The fourth-order valence-electron chi connectivity index (χ4n) is 3.51. The Kier molecular flexibility index (Phi) is 4.04. The molecule has 1 aliphatic heterocycles. The summed E-state index contributed by atoms with van der Waals surface area (Å²) in [7, 11) is 0. The third-order valence-corrected chi connectivity index (χ3v) is 4.89. The number of aromatic nitrogens is 2. The number of rotatable bonds is 5. The quantitative estimate of drug-likeness (QED) is 0.703. The van der Waals surface area contributed by atoms with Gasteiger partial charge in [0.25, 0.3) is 0 Å². The summed E-state index contributed by atoms with van der Waals surface area (Å²) >= 11 is 0. The normalized spacial score (nSPS) is 13.9. The first-order chi connectivity index (χ1) is 12.1. The van der Waals surface area contributed by atoms with Gasteiger partial charge in [-0.05, 0) is 36.1 Å². The highest BCUT2D eigenvalue weighted by atomic mass is 16.2. The summed E-state index contributed by atoms with van der Waals surface area (Å²) in [6.45, 7) is 5.93. The van der Waals surface area contributed by atoms with Crippen molar-refractivity contribution in [3.63, 3.8) is 0 Å². The van der Waals surface area contributed by atoms with Gasteiger partial charge in [0.05, 0.1) is 24.0 Å². The molecule has 128 valence electrons. The lowest BCUT2D eigenvalue weighted by Gasteiger charge is -2.18. The number of carbonyl (C=O) groups excluding carboxylic acids is 1. The molecule has 1 aromatic heterocycles. The zero-order chi connectivity index (χ0) is 17.4. The maximum Gasteiger partial charge on any atom is 0.231 e. The number of para-hydroxylation sites is 3. The van der Waals surface area contributed by atoms with E-state index in [1.165, 1.54) is 0 Å². The molecule has 2 aromatic carbocycles. The molecule has 0 fully saturated rings. The van der Waals surface area contributed by atoms with Gasteiger partial charge < -0.3 is 9.47 Å². The van der Waals surface area contributed by atoms with Crippen molar-refractivity contribution in [2.24, 2.45) is 5.92 Å². The summed E-state index contributed by atoms with van der Waals surface area (Å²) < 4.78 is 2.28. The van der Waals surface area contributed by atoms with E-state index in [1.807, 2.05) is 41.3 Å². The van der Waals surface area contributed by atoms with Crippen LogP contribution in [-0.2, 0) is 24.3 Å². The molecule has 0 bridgehead atoms. The summed E-state index contributed by atoms with van der Waals surface area (Å²) in [6, 6.07) is 16.3. The average Bonchev–Trinajstić information content (AvgIpc) is 3.11. The van der Waals surface area contributed by atoms with E-state index >= 15 is 0 Å². The minimum absolute atomic E-state index is 0.156. The van der Waals surface area contributed by atoms with E-state index in [1.54, 1.807) is 0 Å². The predicted molar refractivity (Wildman–Crippen MR) is 101 cm³/mol. The van der Waals surface area contributed by atoms with Crippen molar-refractivity contribution in [1.82, 2.24) is 9.55 Å². The highest BCUT2D eigenvalue weighted by molar-refractivity contribution is 6.01. The van der Waals surface area contributed by atoms with Crippen LogP contribution in [0.25, 0.3) is 11.0 Å². The highest BCUT2D eigenvalue weighted by Gasteiger charge is 2.28. The number of benzene rings is 2. The first-order valence-electron chi connectivity index (χ1n) is 8.96. The van der Waals surface area contributed by atoms with Crippen molar-refractivity contribution in [3.8, 4) is 0 Å². The van der Waals surface area contributed by atoms with E-state index in [-0.39, 0.29) is 5.91 Å². The van der Waals surface area contributed by atoms with Gasteiger partial charge in [0.15, 0.2) is 0 Å². The predicted octanol–water partition coefficient (Wildman–Crippen LogP) is 4.17. The Morgan fingerprint density at radius 3 is 2.68 bits per heavy atom. The zero-order valence-corrected chi connectivity index (χ0v) is 14.8. The molecule has 0 saturated carbocycles. The monoisotopic (exact) mass is 333 g/mol. The van der Waals surface area contributed by atoms with E-state index in [0.717, 1.165) is 41.1 Å². The van der Waals surface area contributed by atoms with Gasteiger partial charge in [-0.25, -0.2) is 4.98 Å². The number of anilines is 1. The second-order valence-corrected chi connectivity index (χ2v) is 7.14. The maximum absolute atomic E-state index is 12.5. The van der Waals surface area contributed by atoms with Gasteiger partial charge in [-0.1, -0.05) is 44.2 Å². The summed E-state index contributed by atoms with van der Waals surface area (Å²) in [5, 5.41) is 0. The summed E-state index contributed by atoms with van der Waals surface area (Å²) in [5.41, 5.74) is 4.28. The van der Waals surface area contributed by atoms with Gasteiger partial charge in [-0.3, -0.25) is 4.79 Å². The molecule has 0 radical (unpaired) electrons. The van der Waals surface area contributed by atoms with Gasteiger partial charge >= 0.3 is 0 Å². The smallest absolute Gasteiger partial charge is 0.231 e. The van der Waals surface area contributed by atoms with Gasteiger partial charge in [0, 0.05) is 12.2 Å². The van der Waals surface area contributed by atoms with Crippen molar-refractivity contribution in [1.29, 1.82) is 0 Å². The molecule has 2 heterocycles. The number of hydrogen-bond donors (Lipinski definition) is 0. The van der Waals surface area contributed by atoms with Crippen LogP contribution in [0.1, 0.15) is 31.7 Å². The molecular formula is C21H23N3O. The minimum Gasteiger partial charge on any atom is -0.326 e. The molecule has 0 unspecified atom stereocenters. The van der Waals surface area contributed by atoms with Gasteiger partial charge in [0.1, 0.15) is 5.82 Å². The molecule has 0 N–H and O–H groups in total. The van der Waals surface area contributed by atoms with E-state index in [4.69, 9.17) is 4.98 Å². The molecule has 3 aromatic rings. The van der Waals surface area contributed by atoms with Crippen molar-refractivity contribution in [2.45, 2.75) is 39.8 Å². The summed E-state index contributed by atoms with van der Waals surface area (Å²) in [5.74, 6) is 1.75. The topological polar surface area (TPSA) is 38.1 Å². The van der Waals surface area contributed by atoms with Crippen LogP contribution in [0.2, 0.25) is 0 Å². The van der Waals surface area contributed by atoms with Crippen LogP contribution < -0.4 is 4.90 Å². The van der Waals surface area contributed by atoms with E-state index < -0.39 is 0 Å². The Labute approximate surface area is 148 Å². The summed E-state index contributed by atoms with van der Waals surface area (Å²) in [4.78, 5) is 19.2. The second kappa shape index (κ2) is 6.36. The lowest BCUT2D eigenvalue weighted by atomic mass is 10.1. The lowest BCUT2D eigenvalue weighted by molar-refractivity contribution is -0.117. The first-order valence-corrected chi connectivity index (χ1v) is 8.96. The number of hydrogen-bond acceptors (Lipinski definition) is 2. The molecular weight excluding hydrogens is 310 g/mol. The minimum atomic E-state index is 0.156. The first kappa shape index (κ1) is 15.9. The van der Waals surface area contributed by atoms with Crippen LogP contribution in [0.4, 0.5) is 5.69 Å². The number of amides is 1. The fourth-order valence-corrected chi connectivity index (χ4v) is 3.51. The third kappa shape index (κ3) is 2.93. The molecule has 4 heteroatoms. The molecule has 4 nitrogen and oxygen atoms in total. The third-order valence-electron chi connectivity index (χ3n) is 4.89. The van der Waals surface area contributed by atoms with E-state index in [2.05, 4.69) is 30.5 Å². The number of imidazole rings is 1. The largest absolute Gasteiger partial charge is 0.326 e. The zero-order valence-electron chi connectivity index (χ0n) is 14.8. The van der Waals surface area contributed by atoms with Crippen LogP contribution >= 0.6 is 0 Å². The Morgan fingerprint density at radius 2 is 1.84 bits per heavy atom. The molecule has 0 saturated heterocycles. The molecule has 1 amide bonds. The van der Waals surface area contributed by atoms with E-state index in [0.29, 0.717) is 18.9 Å². The Balaban J connectivity index is 1.71. The van der Waals surface area contributed by atoms with Crippen molar-refractivity contribution < 1.29 is 4.79 Å². The van der Waals surface area contributed by atoms with Crippen molar-refractivity contribution in [3.05, 3.63) is 59.9 Å². The molecule has 25 heavy (non-hydrogen) atoms. The van der Waals surface area contributed by atoms with Gasteiger partial charge in [-0.15, -0.1) is 0 Å². The fraction of sp³-hybridized carbons (Fsp3) is 0.333. The van der Waals surface area contributed by atoms with E-state index in [9.17, 15) is 4.79 Å². The SMILES string of the molecule is CC(C)CCn1c(CN2C(=O)Cc3ccccc32)nc2ccccc21. The van der Waals surface area contributed by atoms with Crippen molar-refractivity contribution >= 4 is 22.6 Å². The van der Waals surface area contributed by atoms with Crippen LogP contribution in [0.15, 0.2) is 48.5 Å². The Hall–Kier alpha value is -2.62. The van der Waals surface area contributed by atoms with Gasteiger partial charge in [-0.2, -0.15) is 0 Å².